The second kappa shape index (κ2) is 9.97. The monoisotopic (exact) mass is 448 g/mol. The van der Waals surface area contributed by atoms with Crippen LogP contribution in [0.2, 0.25) is 0 Å². The molecule has 8 nitrogen and oxygen atoms in total. The average Bonchev–Trinajstić information content (AvgIpc) is 3.41. The molecule has 0 unspecified atom stereocenters. The number of aromatic nitrogens is 1. The lowest BCUT2D eigenvalue weighted by Gasteiger charge is -2.12. The molecule has 1 aliphatic heterocycles. The van der Waals surface area contributed by atoms with Crippen molar-refractivity contribution in [2.45, 2.75) is 13.5 Å². The lowest BCUT2D eigenvalue weighted by molar-refractivity contribution is -0.122. The van der Waals surface area contributed by atoms with Gasteiger partial charge >= 0.3 is 0 Å². The van der Waals surface area contributed by atoms with Crippen molar-refractivity contribution in [2.75, 3.05) is 6.61 Å². The number of nitrogens with zero attached hydrogens (tertiary/aromatic N) is 4. The molecule has 1 fully saturated rings. The Bertz CT molecular complexity index is 1170. The van der Waals surface area contributed by atoms with Crippen LogP contribution in [0.15, 0.2) is 80.6 Å². The van der Waals surface area contributed by atoms with Gasteiger partial charge < -0.3 is 14.3 Å². The van der Waals surface area contributed by atoms with Crippen LogP contribution in [-0.2, 0) is 11.3 Å². The standard InChI is InChI=1S/C23H20N4O4S/c1-2-30-20-11-17(7-8-19(20)28)14-25-26-23-27(15-18-6-4-10-31-18)22(29)21(32-23)12-16-5-3-9-24-13-16/h3-14,28H,2,15H2,1H3/b21-12-,25-14-,26-23+. The van der Waals surface area contributed by atoms with Gasteiger partial charge in [-0.05, 0) is 72.3 Å². The number of furan rings is 1. The van der Waals surface area contributed by atoms with E-state index >= 15 is 0 Å². The van der Waals surface area contributed by atoms with E-state index in [0.29, 0.717) is 33.8 Å². The van der Waals surface area contributed by atoms with E-state index in [0.717, 1.165) is 5.56 Å². The minimum atomic E-state index is -0.188. The second-order valence-electron chi connectivity index (χ2n) is 6.65. The van der Waals surface area contributed by atoms with E-state index < -0.39 is 0 Å². The zero-order valence-corrected chi connectivity index (χ0v) is 18.0. The molecule has 4 rings (SSSR count). The van der Waals surface area contributed by atoms with Gasteiger partial charge in [0.1, 0.15) is 5.76 Å². The number of amides is 1. The van der Waals surface area contributed by atoms with Crippen molar-refractivity contribution in [1.29, 1.82) is 0 Å². The first-order chi connectivity index (χ1) is 15.6. The predicted octanol–water partition coefficient (Wildman–Crippen LogP) is 4.29. The van der Waals surface area contributed by atoms with Crippen molar-refractivity contribution in [3.63, 3.8) is 0 Å². The number of ether oxygens (including phenoxy) is 1. The molecule has 1 aromatic carbocycles. The Morgan fingerprint density at radius 3 is 2.91 bits per heavy atom. The highest BCUT2D eigenvalue weighted by Gasteiger charge is 2.34. The molecule has 0 saturated carbocycles. The van der Waals surface area contributed by atoms with Crippen molar-refractivity contribution in [2.24, 2.45) is 10.2 Å². The molecular formula is C23H20N4O4S. The number of hydrogen-bond acceptors (Lipinski definition) is 8. The van der Waals surface area contributed by atoms with Crippen LogP contribution >= 0.6 is 11.8 Å². The Kier molecular flexibility index (Phi) is 6.66. The molecule has 3 aromatic rings. The van der Waals surface area contributed by atoms with Crippen LogP contribution in [0.25, 0.3) is 6.08 Å². The molecule has 1 amide bonds. The fourth-order valence-corrected chi connectivity index (χ4v) is 3.86. The molecule has 1 saturated heterocycles. The number of phenolic OH excluding ortho intramolecular Hbond substituents is 1. The van der Waals surface area contributed by atoms with Crippen LogP contribution in [0.3, 0.4) is 0 Å². The van der Waals surface area contributed by atoms with Gasteiger partial charge in [-0.15, -0.1) is 5.10 Å². The third kappa shape index (κ3) is 5.06. The molecule has 3 heterocycles. The van der Waals surface area contributed by atoms with E-state index in [2.05, 4.69) is 15.2 Å². The largest absolute Gasteiger partial charge is 0.504 e. The van der Waals surface area contributed by atoms with Gasteiger partial charge in [-0.3, -0.25) is 14.7 Å². The summed E-state index contributed by atoms with van der Waals surface area (Å²) in [5, 5.41) is 18.7. The Morgan fingerprint density at radius 1 is 1.25 bits per heavy atom. The lowest BCUT2D eigenvalue weighted by Crippen LogP contribution is -2.28. The van der Waals surface area contributed by atoms with Gasteiger partial charge in [0.2, 0.25) is 0 Å². The van der Waals surface area contributed by atoms with E-state index in [-0.39, 0.29) is 18.2 Å². The molecule has 32 heavy (non-hydrogen) atoms. The zero-order valence-electron chi connectivity index (χ0n) is 17.2. The quantitative estimate of drug-likeness (QED) is 0.329. The lowest BCUT2D eigenvalue weighted by atomic mass is 10.2. The van der Waals surface area contributed by atoms with E-state index in [9.17, 15) is 9.90 Å². The summed E-state index contributed by atoms with van der Waals surface area (Å²) < 4.78 is 10.8. The van der Waals surface area contributed by atoms with Crippen LogP contribution in [0.5, 0.6) is 11.5 Å². The minimum Gasteiger partial charge on any atom is -0.504 e. The number of thioether (sulfide) groups is 1. The number of rotatable bonds is 7. The Balaban J connectivity index is 1.60. The number of carbonyl (C=O) groups excluding carboxylic acids is 1. The number of hydrogen-bond donors (Lipinski definition) is 1. The first-order valence-corrected chi connectivity index (χ1v) is 10.7. The first kappa shape index (κ1) is 21.4. The number of aromatic hydroxyl groups is 1. The molecule has 0 atom stereocenters. The Labute approximate surface area is 188 Å². The SMILES string of the molecule is CCOc1cc(/C=N\N=C2\S/C(=C\c3cccnc3)C(=O)N2Cc2ccco2)ccc1O. The molecule has 0 spiro atoms. The summed E-state index contributed by atoms with van der Waals surface area (Å²) in [7, 11) is 0. The maximum atomic E-state index is 13.0. The summed E-state index contributed by atoms with van der Waals surface area (Å²) in [6.45, 7) is 2.51. The topological polar surface area (TPSA) is 101 Å². The summed E-state index contributed by atoms with van der Waals surface area (Å²) in [4.78, 5) is 19.2. The highest BCUT2D eigenvalue weighted by Crippen LogP contribution is 2.34. The highest BCUT2D eigenvalue weighted by molar-refractivity contribution is 8.18. The molecule has 9 heteroatoms. The van der Waals surface area contributed by atoms with Crippen molar-refractivity contribution >= 4 is 35.1 Å². The summed E-state index contributed by atoms with van der Waals surface area (Å²) >= 11 is 1.23. The maximum Gasteiger partial charge on any atom is 0.267 e. The summed E-state index contributed by atoms with van der Waals surface area (Å²) in [5.74, 6) is 0.878. The van der Waals surface area contributed by atoms with Gasteiger partial charge in [-0.2, -0.15) is 5.10 Å². The summed E-state index contributed by atoms with van der Waals surface area (Å²) in [6, 6.07) is 12.2. The van der Waals surface area contributed by atoms with Gasteiger partial charge in [0.05, 0.1) is 30.5 Å². The third-order valence-electron chi connectivity index (χ3n) is 4.40. The average molecular weight is 449 g/mol. The maximum absolute atomic E-state index is 13.0. The fraction of sp³-hybridized carbons (Fsp3) is 0.130. The second-order valence-corrected chi connectivity index (χ2v) is 7.66. The van der Waals surface area contributed by atoms with Crippen molar-refractivity contribution in [3.8, 4) is 11.5 Å². The summed E-state index contributed by atoms with van der Waals surface area (Å²) in [6.07, 6.45) is 8.23. The number of phenols is 1. The molecular weight excluding hydrogens is 428 g/mol. The van der Waals surface area contributed by atoms with E-state index in [1.165, 1.54) is 28.9 Å². The van der Waals surface area contributed by atoms with Crippen LogP contribution in [0.1, 0.15) is 23.8 Å². The van der Waals surface area contributed by atoms with E-state index in [4.69, 9.17) is 9.15 Å². The van der Waals surface area contributed by atoms with E-state index in [1.807, 2.05) is 19.1 Å². The first-order valence-electron chi connectivity index (χ1n) is 9.84. The van der Waals surface area contributed by atoms with Gasteiger partial charge in [0.25, 0.3) is 5.91 Å². The minimum absolute atomic E-state index is 0.0575. The van der Waals surface area contributed by atoms with Gasteiger partial charge in [-0.1, -0.05) is 6.07 Å². The smallest absolute Gasteiger partial charge is 0.267 e. The summed E-state index contributed by atoms with van der Waals surface area (Å²) in [5.41, 5.74) is 1.52. The van der Waals surface area contributed by atoms with Crippen molar-refractivity contribution in [1.82, 2.24) is 9.88 Å². The third-order valence-corrected chi connectivity index (χ3v) is 5.40. The molecule has 0 bridgehead atoms. The number of carbonyl (C=O) groups is 1. The highest BCUT2D eigenvalue weighted by atomic mass is 32.2. The molecule has 2 aromatic heterocycles. The Hall–Kier alpha value is -3.85. The molecule has 1 N–H and O–H groups in total. The van der Waals surface area contributed by atoms with Gasteiger partial charge in [-0.25, -0.2) is 0 Å². The fourth-order valence-electron chi connectivity index (χ4n) is 2.92. The number of amidine groups is 1. The van der Waals surface area contributed by atoms with Crippen molar-refractivity contribution in [3.05, 3.63) is 82.9 Å². The van der Waals surface area contributed by atoms with Gasteiger partial charge in [0, 0.05) is 12.4 Å². The van der Waals surface area contributed by atoms with Gasteiger partial charge in [0.15, 0.2) is 16.7 Å². The molecule has 0 radical (unpaired) electrons. The molecule has 162 valence electrons. The zero-order chi connectivity index (χ0) is 22.3. The van der Waals surface area contributed by atoms with Crippen LogP contribution < -0.4 is 4.74 Å². The van der Waals surface area contributed by atoms with Crippen molar-refractivity contribution < 1.29 is 19.1 Å². The number of benzene rings is 1. The Morgan fingerprint density at radius 2 is 2.16 bits per heavy atom. The predicted molar refractivity (Wildman–Crippen MR) is 123 cm³/mol. The number of pyridine rings is 1. The molecule has 1 aliphatic rings. The van der Waals surface area contributed by atoms with E-state index in [1.54, 1.807) is 49.0 Å². The van der Waals surface area contributed by atoms with Crippen LogP contribution in [0.4, 0.5) is 0 Å². The van der Waals surface area contributed by atoms with Crippen LogP contribution in [0, 0.1) is 0 Å². The molecule has 0 aliphatic carbocycles. The normalized spacial score (nSPS) is 16.5. The van der Waals surface area contributed by atoms with Crippen LogP contribution in [-0.4, -0.2) is 38.9 Å².